The number of rotatable bonds is 5. The molecule has 0 saturated carbocycles. The summed E-state index contributed by atoms with van der Waals surface area (Å²) in [5.74, 6) is -1.22. The molecule has 2 aromatic rings. The van der Waals surface area contributed by atoms with Crippen LogP contribution >= 0.6 is 11.3 Å². The lowest BCUT2D eigenvalue weighted by Gasteiger charge is -2.05. The van der Waals surface area contributed by atoms with Crippen LogP contribution in [0.4, 0.5) is 4.39 Å². The average molecular weight is 293 g/mol. The van der Waals surface area contributed by atoms with Gasteiger partial charge in [-0.05, 0) is 30.7 Å². The van der Waals surface area contributed by atoms with E-state index in [-0.39, 0.29) is 0 Å². The molecule has 0 aliphatic rings. The summed E-state index contributed by atoms with van der Waals surface area (Å²) < 4.78 is 18.9. The van der Waals surface area contributed by atoms with Crippen molar-refractivity contribution in [2.45, 2.75) is 13.5 Å². The van der Waals surface area contributed by atoms with Crippen LogP contribution in [0.25, 0.3) is 6.08 Å². The van der Waals surface area contributed by atoms with Gasteiger partial charge in [-0.25, -0.2) is 14.2 Å². The number of aromatic nitrogens is 1. The second-order valence-electron chi connectivity index (χ2n) is 4.03. The topological polar surface area (TPSA) is 59.4 Å². The number of carbonyl (C=O) groups is 1. The van der Waals surface area contributed by atoms with Crippen molar-refractivity contribution in [3.05, 3.63) is 51.7 Å². The van der Waals surface area contributed by atoms with Gasteiger partial charge in [-0.15, -0.1) is 11.3 Å². The van der Waals surface area contributed by atoms with Crippen molar-refractivity contribution in [1.82, 2.24) is 4.98 Å². The van der Waals surface area contributed by atoms with E-state index >= 15 is 0 Å². The summed E-state index contributed by atoms with van der Waals surface area (Å²) in [5.41, 5.74) is 0.433. The van der Waals surface area contributed by atoms with Crippen LogP contribution in [0.5, 0.6) is 5.75 Å². The zero-order chi connectivity index (χ0) is 14.5. The number of nitrogens with zero attached hydrogens (tertiary/aromatic N) is 1. The van der Waals surface area contributed by atoms with Crippen LogP contribution in [0.15, 0.2) is 30.5 Å². The third-order valence-corrected chi connectivity index (χ3v) is 3.25. The molecule has 1 N–H and O–H groups in total. The minimum Gasteiger partial charge on any atom is -0.488 e. The first-order valence-corrected chi connectivity index (χ1v) is 6.60. The highest BCUT2D eigenvalue weighted by atomic mass is 32.1. The molecule has 104 valence electrons. The smallest absolute Gasteiger partial charge is 0.328 e. The van der Waals surface area contributed by atoms with Crippen molar-refractivity contribution in [1.29, 1.82) is 0 Å². The summed E-state index contributed by atoms with van der Waals surface area (Å²) in [6.45, 7) is 2.20. The van der Waals surface area contributed by atoms with Gasteiger partial charge in [0.15, 0.2) is 0 Å². The van der Waals surface area contributed by atoms with Gasteiger partial charge in [0.05, 0.1) is 9.88 Å². The Bertz CT molecular complexity index is 652. The molecule has 0 radical (unpaired) electrons. The Hall–Kier alpha value is -2.21. The molecular formula is C14H12FNO3S. The Morgan fingerprint density at radius 3 is 2.95 bits per heavy atom. The first kappa shape index (κ1) is 14.2. The van der Waals surface area contributed by atoms with Crippen molar-refractivity contribution in [2.24, 2.45) is 0 Å². The molecular weight excluding hydrogens is 281 g/mol. The number of benzene rings is 1. The van der Waals surface area contributed by atoms with Gasteiger partial charge in [0, 0.05) is 18.3 Å². The Balaban J connectivity index is 2.09. The maximum Gasteiger partial charge on any atom is 0.328 e. The van der Waals surface area contributed by atoms with Gasteiger partial charge in [0.2, 0.25) is 0 Å². The predicted octanol–water partition coefficient (Wildman–Crippen LogP) is 3.27. The van der Waals surface area contributed by atoms with Crippen molar-refractivity contribution in [3.8, 4) is 5.75 Å². The molecule has 0 fully saturated rings. The monoisotopic (exact) mass is 293 g/mol. The Kier molecular flexibility index (Phi) is 4.47. The van der Waals surface area contributed by atoms with Gasteiger partial charge in [0.25, 0.3) is 0 Å². The number of hydrogen-bond donors (Lipinski definition) is 1. The molecule has 0 saturated heterocycles. The highest BCUT2D eigenvalue weighted by Crippen LogP contribution is 2.20. The Labute approximate surface area is 119 Å². The zero-order valence-electron chi connectivity index (χ0n) is 10.7. The van der Waals surface area contributed by atoms with Crippen LogP contribution in [0.2, 0.25) is 0 Å². The molecule has 4 nitrogen and oxygen atoms in total. The van der Waals surface area contributed by atoms with Crippen molar-refractivity contribution in [2.75, 3.05) is 0 Å². The normalized spacial score (nSPS) is 10.9. The maximum absolute atomic E-state index is 13.4. The molecule has 0 aliphatic carbocycles. The van der Waals surface area contributed by atoms with Crippen LogP contribution in [0.1, 0.15) is 15.4 Å². The molecule has 0 spiro atoms. The van der Waals surface area contributed by atoms with Crippen molar-refractivity contribution >= 4 is 23.4 Å². The van der Waals surface area contributed by atoms with Crippen LogP contribution in [0.3, 0.4) is 0 Å². The SMILES string of the molecule is Cc1ncc(COc2cc(F)cc(/C=C/C(=O)O)c2)s1. The molecule has 20 heavy (non-hydrogen) atoms. The number of ether oxygens (including phenoxy) is 1. The van der Waals surface area contributed by atoms with E-state index in [9.17, 15) is 9.18 Å². The third kappa shape index (κ3) is 4.17. The van der Waals surface area contributed by atoms with Crippen molar-refractivity contribution < 1.29 is 19.0 Å². The lowest BCUT2D eigenvalue weighted by Crippen LogP contribution is -1.94. The minimum absolute atomic E-state index is 0.303. The first-order valence-electron chi connectivity index (χ1n) is 5.78. The number of carboxylic acids is 1. The number of hydrogen-bond acceptors (Lipinski definition) is 4. The first-order chi connectivity index (χ1) is 9.52. The second-order valence-corrected chi connectivity index (χ2v) is 5.35. The quantitative estimate of drug-likeness (QED) is 0.860. The van der Waals surface area contributed by atoms with E-state index in [1.807, 2.05) is 6.92 Å². The summed E-state index contributed by atoms with van der Waals surface area (Å²) in [6.07, 6.45) is 3.98. The number of aliphatic carboxylic acids is 1. The van der Waals surface area contributed by atoms with E-state index in [1.165, 1.54) is 29.5 Å². The number of thiazole rings is 1. The highest BCUT2D eigenvalue weighted by Gasteiger charge is 2.03. The van der Waals surface area contributed by atoms with Crippen LogP contribution in [-0.4, -0.2) is 16.1 Å². The summed E-state index contributed by atoms with van der Waals surface area (Å²) >= 11 is 1.51. The van der Waals surface area contributed by atoms with E-state index in [0.29, 0.717) is 17.9 Å². The minimum atomic E-state index is -1.09. The third-order valence-electron chi connectivity index (χ3n) is 2.36. The molecule has 0 amide bonds. The standard InChI is InChI=1S/C14H12FNO3S/c1-9-16-7-13(20-9)8-19-12-5-10(2-3-14(17)18)4-11(15)6-12/h2-7H,8H2,1H3,(H,17,18)/b3-2+. The molecule has 0 unspecified atom stereocenters. The lowest BCUT2D eigenvalue weighted by atomic mass is 10.2. The fraction of sp³-hybridized carbons (Fsp3) is 0.143. The number of carboxylic acid groups (broad SMARTS) is 1. The number of halogens is 1. The largest absolute Gasteiger partial charge is 0.488 e. The van der Waals surface area contributed by atoms with Crippen LogP contribution in [0, 0.1) is 12.7 Å². The molecule has 6 heteroatoms. The van der Waals surface area contributed by atoms with E-state index in [4.69, 9.17) is 9.84 Å². The van der Waals surface area contributed by atoms with Gasteiger partial charge >= 0.3 is 5.97 Å². The average Bonchev–Trinajstić information content (AvgIpc) is 2.79. The van der Waals surface area contributed by atoms with E-state index in [1.54, 1.807) is 12.3 Å². The van der Waals surface area contributed by atoms with Gasteiger partial charge in [-0.1, -0.05) is 0 Å². The fourth-order valence-corrected chi connectivity index (χ4v) is 2.27. The summed E-state index contributed by atoms with van der Waals surface area (Å²) in [6, 6.07) is 4.07. The van der Waals surface area contributed by atoms with Gasteiger partial charge in [-0.3, -0.25) is 0 Å². The predicted molar refractivity (Wildman–Crippen MR) is 74.3 cm³/mol. The van der Waals surface area contributed by atoms with Gasteiger partial charge in [0.1, 0.15) is 18.2 Å². The Morgan fingerprint density at radius 1 is 1.50 bits per heavy atom. The highest BCUT2D eigenvalue weighted by molar-refractivity contribution is 7.11. The van der Waals surface area contributed by atoms with Crippen LogP contribution in [-0.2, 0) is 11.4 Å². The second kappa shape index (κ2) is 6.29. The van der Waals surface area contributed by atoms with Gasteiger partial charge in [-0.2, -0.15) is 0 Å². The van der Waals surface area contributed by atoms with E-state index in [2.05, 4.69) is 4.98 Å². The summed E-state index contributed by atoms with van der Waals surface area (Å²) in [5, 5.41) is 9.49. The molecule has 0 aliphatic heterocycles. The molecule has 1 heterocycles. The molecule has 0 bridgehead atoms. The zero-order valence-corrected chi connectivity index (χ0v) is 11.5. The van der Waals surface area contributed by atoms with E-state index < -0.39 is 11.8 Å². The van der Waals surface area contributed by atoms with E-state index in [0.717, 1.165) is 16.0 Å². The molecule has 0 atom stereocenters. The lowest BCUT2D eigenvalue weighted by molar-refractivity contribution is -0.131. The Morgan fingerprint density at radius 2 is 2.30 bits per heavy atom. The summed E-state index contributed by atoms with van der Waals surface area (Å²) in [7, 11) is 0. The van der Waals surface area contributed by atoms with Crippen LogP contribution < -0.4 is 4.74 Å². The van der Waals surface area contributed by atoms with Gasteiger partial charge < -0.3 is 9.84 Å². The molecule has 1 aromatic heterocycles. The van der Waals surface area contributed by atoms with Crippen molar-refractivity contribution in [3.63, 3.8) is 0 Å². The number of aryl methyl sites for hydroxylation is 1. The molecule has 2 rings (SSSR count). The fourth-order valence-electron chi connectivity index (χ4n) is 1.56. The maximum atomic E-state index is 13.4. The molecule has 1 aromatic carbocycles. The summed E-state index contributed by atoms with van der Waals surface area (Å²) in [4.78, 5) is 15.5.